The quantitative estimate of drug-likeness (QED) is 0.589. The molecule has 5 nitrogen and oxygen atoms in total. The van der Waals surface area contributed by atoms with Crippen LogP contribution in [-0.2, 0) is 9.59 Å². The third kappa shape index (κ3) is 24.6. The normalized spacial score (nSPS) is 10.2. The van der Waals surface area contributed by atoms with Crippen molar-refractivity contribution >= 4 is 11.8 Å². The summed E-state index contributed by atoms with van der Waals surface area (Å²) in [4.78, 5) is 19.7. The van der Waals surface area contributed by atoms with Crippen molar-refractivity contribution in [3.05, 3.63) is 0 Å². The number of Topliss-reactive ketones (excluding diaryl/α,β-unsaturated/α-hetero) is 1. The van der Waals surface area contributed by atoms with E-state index in [1.54, 1.807) is 0 Å². The smallest absolute Gasteiger partial charge is 0.130 e. The fourth-order valence-electron chi connectivity index (χ4n) is 0.578. The molecule has 0 aromatic heterocycles. The van der Waals surface area contributed by atoms with Gasteiger partial charge in [0.05, 0.1) is 27.7 Å². The third-order valence-electron chi connectivity index (χ3n) is 1.45. The number of hydrogen-bond donors (Lipinski definition) is 1. The van der Waals surface area contributed by atoms with Crippen molar-refractivity contribution in [1.82, 2.24) is 0 Å². The van der Waals surface area contributed by atoms with Crippen LogP contribution < -0.4 is 5.11 Å². The van der Waals surface area contributed by atoms with E-state index in [1.165, 1.54) is 6.92 Å². The van der Waals surface area contributed by atoms with Crippen molar-refractivity contribution < 1.29 is 24.3 Å². The number of ketones is 1. The second kappa shape index (κ2) is 8.38. The molecular formula is C10H21NO4. The standard InChI is InChI=1S/C5H14NO.C5H8O3/c1-6(2,3)4-5-7;1-4(6)2-3-5(7)8/h7H,4-5H2,1-3H3;2-3H2,1H3,(H,7,8)/q+1;/p-1. The number of carboxylic acids is 1. The van der Waals surface area contributed by atoms with Crippen LogP contribution in [0.15, 0.2) is 0 Å². The minimum Gasteiger partial charge on any atom is -0.550 e. The summed E-state index contributed by atoms with van der Waals surface area (Å²) in [6.45, 7) is 2.46. The van der Waals surface area contributed by atoms with Gasteiger partial charge in [-0.2, -0.15) is 0 Å². The maximum Gasteiger partial charge on any atom is 0.130 e. The van der Waals surface area contributed by atoms with Gasteiger partial charge in [-0.25, -0.2) is 0 Å². The highest BCUT2D eigenvalue weighted by Crippen LogP contribution is 1.86. The second-order valence-electron chi connectivity index (χ2n) is 4.31. The molecule has 0 fully saturated rings. The number of aliphatic carboxylic acids is 1. The van der Waals surface area contributed by atoms with Gasteiger partial charge >= 0.3 is 0 Å². The van der Waals surface area contributed by atoms with E-state index < -0.39 is 5.97 Å². The van der Waals surface area contributed by atoms with Gasteiger partial charge in [-0.3, -0.25) is 0 Å². The van der Waals surface area contributed by atoms with Gasteiger partial charge in [0.15, 0.2) is 0 Å². The van der Waals surface area contributed by atoms with Gasteiger partial charge in [-0.1, -0.05) is 0 Å². The zero-order valence-corrected chi connectivity index (χ0v) is 9.95. The summed E-state index contributed by atoms with van der Waals surface area (Å²) in [5, 5.41) is 18.0. The molecule has 15 heavy (non-hydrogen) atoms. The number of carbonyl (C=O) groups excluding carboxylic acids is 2. The molecule has 0 spiro atoms. The molecule has 0 saturated carbocycles. The molecule has 0 bridgehead atoms. The lowest BCUT2D eigenvalue weighted by molar-refractivity contribution is -0.870. The van der Waals surface area contributed by atoms with Gasteiger partial charge in [-0.05, 0) is 13.3 Å². The van der Waals surface area contributed by atoms with Crippen molar-refractivity contribution in [1.29, 1.82) is 0 Å². The number of aliphatic hydroxyl groups is 1. The molecule has 0 atom stereocenters. The number of carboxylic acid groups (broad SMARTS) is 1. The lowest BCUT2D eigenvalue weighted by Gasteiger charge is -2.21. The van der Waals surface area contributed by atoms with Crippen LogP contribution in [0.25, 0.3) is 0 Å². The number of likely N-dealkylation sites (N-methyl/N-ethyl adjacent to an activating group) is 1. The molecule has 0 rings (SSSR count). The zero-order chi connectivity index (χ0) is 12.5. The van der Waals surface area contributed by atoms with Gasteiger partial charge in [0, 0.05) is 12.4 Å². The number of nitrogens with zero attached hydrogens (tertiary/aromatic N) is 1. The summed E-state index contributed by atoms with van der Waals surface area (Å²) < 4.78 is 0.844. The molecule has 5 heteroatoms. The molecule has 0 aliphatic carbocycles. The molecule has 0 radical (unpaired) electrons. The van der Waals surface area contributed by atoms with Crippen molar-refractivity contribution in [2.24, 2.45) is 0 Å². The molecule has 90 valence electrons. The molecule has 0 heterocycles. The number of carbonyl (C=O) groups is 2. The number of hydrogen-bond acceptors (Lipinski definition) is 4. The minimum absolute atomic E-state index is 0.0856. The number of aliphatic hydroxyl groups excluding tert-OH is 1. The molecule has 0 amide bonds. The van der Waals surface area contributed by atoms with Gasteiger partial charge in [0.2, 0.25) is 0 Å². The van der Waals surface area contributed by atoms with Crippen LogP contribution >= 0.6 is 0 Å². The lowest BCUT2D eigenvalue weighted by atomic mass is 10.2. The van der Waals surface area contributed by atoms with E-state index in [2.05, 4.69) is 21.1 Å². The molecule has 0 unspecified atom stereocenters. The van der Waals surface area contributed by atoms with Gasteiger partial charge in [-0.15, -0.1) is 0 Å². The molecule has 1 N–H and O–H groups in total. The van der Waals surface area contributed by atoms with Crippen molar-refractivity contribution in [3.8, 4) is 0 Å². The Morgan fingerprint density at radius 3 is 1.73 bits per heavy atom. The predicted octanol–water partition coefficient (Wildman–Crippen LogP) is -1.21. The molecule has 0 aliphatic heterocycles. The number of rotatable bonds is 5. The number of quaternary nitrogens is 1. The second-order valence-corrected chi connectivity index (χ2v) is 4.31. The van der Waals surface area contributed by atoms with Crippen molar-refractivity contribution in [2.45, 2.75) is 19.8 Å². The van der Waals surface area contributed by atoms with Crippen LogP contribution in [0.2, 0.25) is 0 Å². The van der Waals surface area contributed by atoms with Crippen LogP contribution in [0, 0.1) is 0 Å². The van der Waals surface area contributed by atoms with Gasteiger partial charge in [0.25, 0.3) is 0 Å². The topological polar surface area (TPSA) is 77.4 Å². The predicted molar refractivity (Wildman–Crippen MR) is 54.9 cm³/mol. The molecule has 0 saturated heterocycles. The van der Waals surface area contributed by atoms with Crippen LogP contribution in [0.1, 0.15) is 19.8 Å². The van der Waals surface area contributed by atoms with Gasteiger partial charge in [0.1, 0.15) is 12.3 Å². The van der Waals surface area contributed by atoms with Crippen LogP contribution in [0.3, 0.4) is 0 Å². The average molecular weight is 219 g/mol. The Morgan fingerprint density at radius 1 is 1.20 bits per heavy atom. The fraction of sp³-hybridized carbons (Fsp3) is 0.800. The van der Waals surface area contributed by atoms with Crippen LogP contribution in [0.4, 0.5) is 0 Å². The Bertz CT molecular complexity index is 182. The van der Waals surface area contributed by atoms with Crippen LogP contribution in [-0.4, -0.2) is 55.6 Å². The Balaban J connectivity index is 0. The molecule has 0 aromatic rings. The van der Waals surface area contributed by atoms with Gasteiger partial charge < -0.3 is 24.3 Å². The maximum absolute atomic E-state index is 10.1. The summed E-state index contributed by atoms with van der Waals surface area (Å²) in [5.41, 5.74) is 0. The van der Waals surface area contributed by atoms with E-state index in [0.29, 0.717) is 0 Å². The Labute approximate surface area is 90.9 Å². The third-order valence-corrected chi connectivity index (χ3v) is 1.45. The first-order valence-electron chi connectivity index (χ1n) is 4.79. The van der Waals surface area contributed by atoms with E-state index in [-0.39, 0.29) is 25.2 Å². The largest absolute Gasteiger partial charge is 0.550 e. The minimum atomic E-state index is -1.17. The van der Waals surface area contributed by atoms with E-state index in [1.807, 2.05) is 0 Å². The summed E-state index contributed by atoms with van der Waals surface area (Å²) >= 11 is 0. The maximum atomic E-state index is 10.1. The molecule has 0 aromatic carbocycles. The SMILES string of the molecule is CC(=O)CCC(=O)[O-].C[N+](C)(C)CCO. The van der Waals surface area contributed by atoms with E-state index >= 15 is 0 Å². The van der Waals surface area contributed by atoms with Crippen molar-refractivity contribution in [3.63, 3.8) is 0 Å². The Kier molecular flexibility index (Phi) is 9.21. The highest BCUT2D eigenvalue weighted by Gasteiger charge is 2.02. The fourth-order valence-corrected chi connectivity index (χ4v) is 0.578. The Morgan fingerprint density at radius 2 is 1.67 bits per heavy atom. The first-order chi connectivity index (χ1) is 6.69. The summed E-state index contributed by atoms with van der Waals surface area (Å²) in [7, 11) is 6.16. The Hall–Kier alpha value is -0.940. The highest BCUT2D eigenvalue weighted by molar-refractivity contribution is 5.79. The first-order valence-corrected chi connectivity index (χ1v) is 4.79. The zero-order valence-electron chi connectivity index (χ0n) is 9.95. The van der Waals surface area contributed by atoms with E-state index in [0.717, 1.165) is 11.0 Å². The monoisotopic (exact) mass is 219 g/mol. The molecular weight excluding hydrogens is 198 g/mol. The van der Waals surface area contributed by atoms with Crippen molar-refractivity contribution in [2.75, 3.05) is 34.3 Å². The molecule has 0 aliphatic rings. The summed E-state index contributed by atoms with van der Waals surface area (Å²) in [6, 6.07) is 0. The van der Waals surface area contributed by atoms with Crippen LogP contribution in [0.5, 0.6) is 0 Å². The average Bonchev–Trinajstić information content (AvgIpc) is 1.99. The summed E-state index contributed by atoms with van der Waals surface area (Å²) in [6.07, 6.45) is -0.0718. The van der Waals surface area contributed by atoms with E-state index in [9.17, 15) is 14.7 Å². The van der Waals surface area contributed by atoms with E-state index in [4.69, 9.17) is 5.11 Å². The first kappa shape index (κ1) is 16.5. The summed E-state index contributed by atoms with van der Waals surface area (Å²) in [5.74, 6) is -1.28. The highest BCUT2D eigenvalue weighted by atomic mass is 16.4. The lowest BCUT2D eigenvalue weighted by Crippen LogP contribution is -2.36.